The molecule has 1 nitrogen and oxygen atoms in total. The van der Waals surface area contributed by atoms with E-state index in [1.807, 2.05) is 13.0 Å². The summed E-state index contributed by atoms with van der Waals surface area (Å²) in [6.45, 7) is 11.7. The molecule has 1 atom stereocenters. The SMILES string of the molecule is C=CCC(C#CC(=C)C)(CC)N(C)C. The minimum absolute atomic E-state index is 0.0826. The fourth-order valence-corrected chi connectivity index (χ4v) is 1.36. The van der Waals surface area contributed by atoms with Gasteiger partial charge in [0.2, 0.25) is 0 Å². The van der Waals surface area contributed by atoms with Crippen LogP contribution < -0.4 is 0 Å². The molecule has 0 fully saturated rings. The average Bonchev–Trinajstić information content (AvgIpc) is 2.11. The van der Waals surface area contributed by atoms with Crippen molar-refractivity contribution in [2.75, 3.05) is 14.1 Å². The molecule has 0 saturated heterocycles. The van der Waals surface area contributed by atoms with E-state index in [0.29, 0.717) is 0 Å². The van der Waals surface area contributed by atoms with Crippen molar-refractivity contribution in [2.24, 2.45) is 0 Å². The van der Waals surface area contributed by atoms with E-state index >= 15 is 0 Å². The van der Waals surface area contributed by atoms with Crippen molar-refractivity contribution >= 4 is 0 Å². The minimum Gasteiger partial charge on any atom is -0.293 e. The molecular formula is C13H21N. The zero-order chi connectivity index (χ0) is 11.2. The summed E-state index contributed by atoms with van der Waals surface area (Å²) >= 11 is 0. The molecule has 0 saturated carbocycles. The van der Waals surface area contributed by atoms with Gasteiger partial charge in [0.1, 0.15) is 0 Å². The number of allylic oxidation sites excluding steroid dienone is 1. The van der Waals surface area contributed by atoms with Gasteiger partial charge in [0.05, 0.1) is 5.54 Å². The highest BCUT2D eigenvalue weighted by Gasteiger charge is 2.26. The summed E-state index contributed by atoms with van der Waals surface area (Å²) < 4.78 is 0. The van der Waals surface area contributed by atoms with E-state index in [9.17, 15) is 0 Å². The lowest BCUT2D eigenvalue weighted by molar-refractivity contribution is 0.214. The van der Waals surface area contributed by atoms with Gasteiger partial charge < -0.3 is 0 Å². The second kappa shape index (κ2) is 5.67. The molecule has 1 heteroatoms. The van der Waals surface area contributed by atoms with Crippen molar-refractivity contribution in [2.45, 2.75) is 32.2 Å². The Bertz CT molecular complexity index is 265. The highest BCUT2D eigenvalue weighted by Crippen LogP contribution is 2.21. The standard InChI is InChI=1S/C13H21N/c1-7-10-13(8-2,14(5)6)11-9-12(3)4/h7H,1,3,8,10H2,2,4-6H3. The van der Waals surface area contributed by atoms with Gasteiger partial charge >= 0.3 is 0 Å². The molecule has 1 unspecified atom stereocenters. The Labute approximate surface area is 88.5 Å². The van der Waals surface area contributed by atoms with E-state index in [-0.39, 0.29) is 5.54 Å². The first-order chi connectivity index (χ1) is 6.48. The first kappa shape index (κ1) is 13.0. The highest BCUT2D eigenvalue weighted by molar-refractivity contribution is 5.30. The van der Waals surface area contributed by atoms with Crippen LogP contribution in [0.25, 0.3) is 0 Å². The summed E-state index contributed by atoms with van der Waals surface area (Å²) in [5, 5.41) is 0. The lowest BCUT2D eigenvalue weighted by Gasteiger charge is -2.33. The van der Waals surface area contributed by atoms with Crippen molar-refractivity contribution in [3.63, 3.8) is 0 Å². The van der Waals surface area contributed by atoms with Crippen molar-refractivity contribution < 1.29 is 0 Å². The lowest BCUT2D eigenvalue weighted by Crippen LogP contribution is -2.42. The highest BCUT2D eigenvalue weighted by atomic mass is 15.1. The third-order valence-electron chi connectivity index (χ3n) is 2.43. The van der Waals surface area contributed by atoms with Crippen LogP contribution in [0.5, 0.6) is 0 Å². The van der Waals surface area contributed by atoms with E-state index in [1.165, 1.54) is 0 Å². The molecule has 0 aliphatic heterocycles. The van der Waals surface area contributed by atoms with Gasteiger partial charge in [0, 0.05) is 0 Å². The molecule has 0 rings (SSSR count). The third-order valence-corrected chi connectivity index (χ3v) is 2.43. The molecule has 0 heterocycles. The van der Waals surface area contributed by atoms with Gasteiger partial charge in [0.25, 0.3) is 0 Å². The average molecular weight is 191 g/mol. The normalized spacial score (nSPS) is 14.1. The molecule has 78 valence electrons. The maximum atomic E-state index is 3.79. The zero-order valence-corrected chi connectivity index (χ0v) is 9.85. The monoisotopic (exact) mass is 191 g/mol. The van der Waals surface area contributed by atoms with E-state index in [2.05, 4.69) is 50.9 Å². The Kier molecular flexibility index (Phi) is 5.27. The van der Waals surface area contributed by atoms with E-state index in [4.69, 9.17) is 0 Å². The van der Waals surface area contributed by atoms with Gasteiger partial charge in [-0.05, 0) is 39.4 Å². The molecule has 0 bridgehead atoms. The molecule has 14 heavy (non-hydrogen) atoms. The van der Waals surface area contributed by atoms with Crippen LogP contribution >= 0.6 is 0 Å². The Hall–Kier alpha value is -1.00. The molecule has 0 aromatic heterocycles. The maximum absolute atomic E-state index is 3.79. The van der Waals surface area contributed by atoms with E-state index in [0.717, 1.165) is 18.4 Å². The predicted octanol–water partition coefficient (Wildman–Crippen LogP) is 2.85. The second-order valence-corrected chi connectivity index (χ2v) is 3.80. The van der Waals surface area contributed by atoms with Gasteiger partial charge in [-0.1, -0.05) is 31.4 Å². The fraction of sp³-hybridized carbons (Fsp3) is 0.538. The van der Waals surface area contributed by atoms with E-state index in [1.54, 1.807) is 0 Å². The summed E-state index contributed by atoms with van der Waals surface area (Å²) in [6.07, 6.45) is 3.81. The van der Waals surface area contributed by atoms with Crippen LogP contribution in [0, 0.1) is 11.8 Å². The van der Waals surface area contributed by atoms with Crippen molar-refractivity contribution in [1.29, 1.82) is 0 Å². The van der Waals surface area contributed by atoms with Crippen molar-refractivity contribution in [1.82, 2.24) is 4.90 Å². The predicted molar refractivity (Wildman–Crippen MR) is 64.1 cm³/mol. The van der Waals surface area contributed by atoms with Gasteiger partial charge in [-0.2, -0.15) is 0 Å². The van der Waals surface area contributed by atoms with Crippen LogP contribution in [0.15, 0.2) is 24.8 Å². The molecule has 0 aromatic carbocycles. The third kappa shape index (κ3) is 3.40. The number of rotatable bonds is 4. The Morgan fingerprint density at radius 3 is 2.36 bits per heavy atom. The minimum atomic E-state index is -0.0826. The smallest absolute Gasteiger partial charge is 0.0856 e. The summed E-state index contributed by atoms with van der Waals surface area (Å²) in [5.41, 5.74) is 0.828. The molecule has 0 spiro atoms. The molecule has 0 N–H and O–H groups in total. The van der Waals surface area contributed by atoms with Crippen LogP contribution in [-0.4, -0.2) is 24.5 Å². The van der Waals surface area contributed by atoms with Crippen molar-refractivity contribution in [3.05, 3.63) is 24.8 Å². The fourth-order valence-electron chi connectivity index (χ4n) is 1.36. The molecular weight excluding hydrogens is 170 g/mol. The Balaban J connectivity index is 4.96. The summed E-state index contributed by atoms with van der Waals surface area (Å²) in [5.74, 6) is 6.36. The van der Waals surface area contributed by atoms with Crippen LogP contribution in [-0.2, 0) is 0 Å². The number of hydrogen-bond donors (Lipinski definition) is 0. The van der Waals surface area contributed by atoms with Crippen LogP contribution in [0.4, 0.5) is 0 Å². The Morgan fingerprint density at radius 1 is 1.50 bits per heavy atom. The maximum Gasteiger partial charge on any atom is 0.0856 e. The molecule has 0 radical (unpaired) electrons. The quantitative estimate of drug-likeness (QED) is 0.488. The molecule has 0 aliphatic carbocycles. The van der Waals surface area contributed by atoms with Gasteiger partial charge in [0.15, 0.2) is 0 Å². The van der Waals surface area contributed by atoms with Gasteiger partial charge in [-0.3, -0.25) is 4.90 Å². The van der Waals surface area contributed by atoms with Gasteiger partial charge in [-0.25, -0.2) is 0 Å². The molecule has 0 aromatic rings. The van der Waals surface area contributed by atoms with Crippen molar-refractivity contribution in [3.8, 4) is 11.8 Å². The summed E-state index contributed by atoms with van der Waals surface area (Å²) in [6, 6.07) is 0. The first-order valence-corrected chi connectivity index (χ1v) is 4.95. The summed E-state index contributed by atoms with van der Waals surface area (Å²) in [7, 11) is 4.11. The Morgan fingerprint density at radius 2 is 2.07 bits per heavy atom. The number of nitrogens with zero attached hydrogens (tertiary/aromatic N) is 1. The molecule has 0 aliphatic rings. The van der Waals surface area contributed by atoms with E-state index < -0.39 is 0 Å². The summed E-state index contributed by atoms with van der Waals surface area (Å²) in [4.78, 5) is 2.16. The van der Waals surface area contributed by atoms with Crippen LogP contribution in [0.2, 0.25) is 0 Å². The largest absolute Gasteiger partial charge is 0.293 e. The zero-order valence-electron chi connectivity index (χ0n) is 9.85. The second-order valence-electron chi connectivity index (χ2n) is 3.80. The van der Waals surface area contributed by atoms with Gasteiger partial charge in [-0.15, -0.1) is 6.58 Å². The topological polar surface area (TPSA) is 3.24 Å². The number of hydrogen-bond acceptors (Lipinski definition) is 1. The first-order valence-electron chi connectivity index (χ1n) is 4.95. The lowest BCUT2D eigenvalue weighted by atomic mass is 9.91. The van der Waals surface area contributed by atoms with Crippen LogP contribution in [0.3, 0.4) is 0 Å². The van der Waals surface area contributed by atoms with Crippen LogP contribution in [0.1, 0.15) is 26.7 Å². The molecule has 0 amide bonds.